The van der Waals surface area contributed by atoms with Crippen LogP contribution in [0.5, 0.6) is 0 Å². The van der Waals surface area contributed by atoms with E-state index in [0.29, 0.717) is 0 Å². The van der Waals surface area contributed by atoms with E-state index in [1.54, 1.807) is 13.0 Å². The molecule has 0 aliphatic rings. The summed E-state index contributed by atoms with van der Waals surface area (Å²) in [6, 6.07) is 3.04. The summed E-state index contributed by atoms with van der Waals surface area (Å²) in [5, 5.41) is 8.87. The van der Waals surface area contributed by atoms with Gasteiger partial charge in [-0.2, -0.15) is 5.26 Å². The van der Waals surface area contributed by atoms with Crippen molar-refractivity contribution < 1.29 is 18.3 Å². The maximum atomic E-state index is 12.8. The van der Waals surface area contributed by atoms with E-state index in [-0.39, 0.29) is 36.4 Å². The molecule has 1 heterocycles. The average molecular weight is 269 g/mol. The lowest BCUT2D eigenvalue weighted by atomic mass is 10.0. The van der Waals surface area contributed by atoms with Gasteiger partial charge in [-0.15, -0.1) is 0 Å². The van der Waals surface area contributed by atoms with E-state index < -0.39 is 18.1 Å². The van der Waals surface area contributed by atoms with Gasteiger partial charge in [-0.1, -0.05) is 0 Å². The molecule has 19 heavy (non-hydrogen) atoms. The van der Waals surface area contributed by atoms with Crippen LogP contribution >= 0.6 is 0 Å². The summed E-state index contributed by atoms with van der Waals surface area (Å²) in [5.41, 5.74) is 4.90. The Kier molecular flexibility index (Phi) is 5.33. The minimum absolute atomic E-state index is 0.0824. The van der Waals surface area contributed by atoms with Crippen molar-refractivity contribution in [2.24, 2.45) is 5.73 Å². The van der Waals surface area contributed by atoms with Gasteiger partial charge in [-0.05, 0) is 18.6 Å². The molecule has 0 aliphatic heterocycles. The van der Waals surface area contributed by atoms with E-state index in [2.05, 4.69) is 4.98 Å². The third-order valence-corrected chi connectivity index (χ3v) is 2.35. The predicted molar refractivity (Wildman–Crippen MR) is 62.1 cm³/mol. The van der Waals surface area contributed by atoms with E-state index in [1.165, 1.54) is 6.07 Å². The molecule has 0 aromatic carbocycles. The van der Waals surface area contributed by atoms with Crippen LogP contribution in [0, 0.1) is 11.3 Å². The highest BCUT2D eigenvalue weighted by molar-refractivity contribution is 5.72. The number of hydrogen-bond acceptors (Lipinski definition) is 5. The number of pyridine rings is 1. The largest absolute Gasteiger partial charge is 0.466 e. The first kappa shape index (κ1) is 15.0. The predicted octanol–water partition coefficient (Wildman–Crippen LogP) is 1.46. The SMILES string of the molecule is CCOC(=O)Cc1cc(CN)c(C#N)c(C(F)F)n1. The van der Waals surface area contributed by atoms with E-state index in [9.17, 15) is 13.6 Å². The molecule has 0 amide bonds. The topological polar surface area (TPSA) is 89.0 Å². The lowest BCUT2D eigenvalue weighted by molar-refractivity contribution is -0.142. The van der Waals surface area contributed by atoms with Crippen molar-refractivity contribution >= 4 is 5.97 Å². The van der Waals surface area contributed by atoms with Crippen molar-refractivity contribution in [2.45, 2.75) is 26.3 Å². The molecular weight excluding hydrogens is 256 g/mol. The molecule has 2 N–H and O–H groups in total. The van der Waals surface area contributed by atoms with Crippen LogP contribution in [0.3, 0.4) is 0 Å². The molecule has 102 valence electrons. The van der Waals surface area contributed by atoms with Gasteiger partial charge in [0, 0.05) is 6.54 Å². The maximum absolute atomic E-state index is 12.8. The van der Waals surface area contributed by atoms with Gasteiger partial charge in [0.15, 0.2) is 0 Å². The Balaban J connectivity index is 3.18. The van der Waals surface area contributed by atoms with Crippen LogP contribution in [0.1, 0.15) is 35.9 Å². The highest BCUT2D eigenvalue weighted by Crippen LogP contribution is 2.24. The van der Waals surface area contributed by atoms with Gasteiger partial charge in [0.05, 0.1) is 24.3 Å². The van der Waals surface area contributed by atoms with Crippen LogP contribution in [0.25, 0.3) is 0 Å². The van der Waals surface area contributed by atoms with Crippen molar-refractivity contribution in [3.63, 3.8) is 0 Å². The van der Waals surface area contributed by atoms with Gasteiger partial charge in [0.25, 0.3) is 6.43 Å². The summed E-state index contributed by atoms with van der Waals surface area (Å²) in [6.45, 7) is 1.75. The van der Waals surface area contributed by atoms with Gasteiger partial charge >= 0.3 is 5.97 Å². The molecule has 7 heteroatoms. The number of esters is 1. The molecule has 0 fully saturated rings. The van der Waals surface area contributed by atoms with Crippen molar-refractivity contribution in [2.75, 3.05) is 6.61 Å². The van der Waals surface area contributed by atoms with Crippen molar-refractivity contribution in [1.82, 2.24) is 4.98 Å². The first-order chi connectivity index (χ1) is 9.03. The zero-order chi connectivity index (χ0) is 14.4. The number of rotatable bonds is 5. The van der Waals surface area contributed by atoms with Crippen LogP contribution < -0.4 is 5.73 Å². The summed E-state index contributed by atoms with van der Waals surface area (Å²) in [6.07, 6.45) is -3.13. The van der Waals surface area contributed by atoms with Crippen molar-refractivity contribution in [1.29, 1.82) is 5.26 Å². The number of nitrogens with two attached hydrogens (primary N) is 1. The fourth-order valence-corrected chi connectivity index (χ4v) is 1.58. The molecule has 1 aromatic rings. The van der Waals surface area contributed by atoms with Gasteiger partial charge < -0.3 is 10.5 Å². The number of nitrogens with zero attached hydrogens (tertiary/aromatic N) is 2. The second-order valence-corrected chi connectivity index (χ2v) is 3.63. The second kappa shape index (κ2) is 6.75. The van der Waals surface area contributed by atoms with Crippen LogP contribution in [-0.2, 0) is 22.5 Å². The van der Waals surface area contributed by atoms with Gasteiger partial charge in [-0.25, -0.2) is 13.8 Å². The Hall–Kier alpha value is -2.07. The molecular formula is C12H13F2N3O2. The molecule has 1 aromatic heterocycles. The highest BCUT2D eigenvalue weighted by atomic mass is 19.3. The molecule has 0 bridgehead atoms. The van der Waals surface area contributed by atoms with Crippen molar-refractivity contribution in [3.8, 4) is 6.07 Å². The number of alkyl halides is 2. The third-order valence-electron chi connectivity index (χ3n) is 2.35. The monoisotopic (exact) mass is 269 g/mol. The molecule has 0 saturated heterocycles. The van der Waals surface area contributed by atoms with Crippen LogP contribution in [0.2, 0.25) is 0 Å². The molecule has 0 aliphatic carbocycles. The van der Waals surface area contributed by atoms with Gasteiger partial charge in [0.2, 0.25) is 0 Å². The minimum Gasteiger partial charge on any atom is -0.466 e. The fraction of sp³-hybridized carbons (Fsp3) is 0.417. The molecule has 0 saturated carbocycles. The van der Waals surface area contributed by atoms with E-state index in [1.807, 2.05) is 0 Å². The normalized spacial score (nSPS) is 10.3. The number of nitriles is 1. The van der Waals surface area contributed by atoms with E-state index >= 15 is 0 Å². The summed E-state index contributed by atoms with van der Waals surface area (Å²) < 4.78 is 30.4. The van der Waals surface area contributed by atoms with Gasteiger partial charge in [0.1, 0.15) is 11.8 Å². The number of hydrogen-bond donors (Lipinski definition) is 1. The van der Waals surface area contributed by atoms with Crippen LogP contribution in [0.15, 0.2) is 6.07 Å². The smallest absolute Gasteiger partial charge is 0.311 e. The lowest BCUT2D eigenvalue weighted by Gasteiger charge is -2.10. The third kappa shape index (κ3) is 3.69. The summed E-state index contributed by atoms with van der Waals surface area (Å²) in [4.78, 5) is 14.9. The number of ether oxygens (including phenoxy) is 1. The Morgan fingerprint density at radius 1 is 1.63 bits per heavy atom. The number of halogens is 2. The molecule has 0 unspecified atom stereocenters. The molecule has 0 spiro atoms. The second-order valence-electron chi connectivity index (χ2n) is 3.63. The number of carbonyl (C=O) groups is 1. The summed E-state index contributed by atoms with van der Waals surface area (Å²) in [7, 11) is 0. The Bertz CT molecular complexity index is 512. The first-order valence-corrected chi connectivity index (χ1v) is 5.60. The zero-order valence-electron chi connectivity index (χ0n) is 10.3. The summed E-state index contributed by atoms with van der Waals surface area (Å²) in [5.74, 6) is -0.567. The van der Waals surface area contributed by atoms with Crippen LogP contribution in [-0.4, -0.2) is 17.6 Å². The number of carbonyl (C=O) groups excluding carboxylic acids is 1. The Morgan fingerprint density at radius 3 is 2.79 bits per heavy atom. The van der Waals surface area contributed by atoms with Gasteiger partial charge in [-0.3, -0.25) is 4.79 Å². The quantitative estimate of drug-likeness (QED) is 0.817. The highest BCUT2D eigenvalue weighted by Gasteiger charge is 2.20. The van der Waals surface area contributed by atoms with Crippen molar-refractivity contribution in [3.05, 3.63) is 28.6 Å². The lowest BCUT2D eigenvalue weighted by Crippen LogP contribution is -2.13. The molecule has 0 atom stereocenters. The number of aromatic nitrogens is 1. The first-order valence-electron chi connectivity index (χ1n) is 5.60. The zero-order valence-corrected chi connectivity index (χ0v) is 10.3. The maximum Gasteiger partial charge on any atom is 0.311 e. The summed E-state index contributed by atoms with van der Waals surface area (Å²) >= 11 is 0. The van der Waals surface area contributed by atoms with Crippen LogP contribution in [0.4, 0.5) is 8.78 Å². The minimum atomic E-state index is -2.90. The average Bonchev–Trinajstić information content (AvgIpc) is 2.37. The molecule has 1 rings (SSSR count). The van der Waals surface area contributed by atoms with E-state index in [4.69, 9.17) is 15.7 Å². The fourth-order valence-electron chi connectivity index (χ4n) is 1.58. The van der Waals surface area contributed by atoms with E-state index in [0.717, 1.165) is 0 Å². The Labute approximate surface area is 109 Å². The Morgan fingerprint density at radius 2 is 2.32 bits per heavy atom. The molecule has 0 radical (unpaired) electrons. The standard InChI is InChI=1S/C12H13F2N3O2/c1-2-19-10(18)4-8-3-7(5-15)9(6-16)11(17-8)12(13)14/h3,12H,2,4-5,15H2,1H3. The molecule has 5 nitrogen and oxygen atoms in total.